The first-order valence-corrected chi connectivity index (χ1v) is 11.5. The van der Waals surface area contributed by atoms with Crippen LogP contribution < -0.4 is 10.6 Å². The van der Waals surface area contributed by atoms with Crippen molar-refractivity contribution in [3.05, 3.63) is 16.1 Å². The van der Waals surface area contributed by atoms with Gasteiger partial charge in [-0.25, -0.2) is 9.78 Å². The van der Waals surface area contributed by atoms with Crippen LogP contribution in [0.4, 0.5) is 4.79 Å². The maximum atomic E-state index is 11.6. The normalized spacial score (nSPS) is 15.4. The molecule has 8 nitrogen and oxygen atoms in total. The van der Waals surface area contributed by atoms with Crippen LogP contribution in [0.2, 0.25) is 0 Å². The van der Waals surface area contributed by atoms with E-state index in [0.717, 1.165) is 56.3 Å². The van der Waals surface area contributed by atoms with Gasteiger partial charge in [0.2, 0.25) is 0 Å². The van der Waals surface area contributed by atoms with Crippen LogP contribution in [0.3, 0.4) is 0 Å². The van der Waals surface area contributed by atoms with Crippen molar-refractivity contribution in [1.29, 1.82) is 0 Å². The summed E-state index contributed by atoms with van der Waals surface area (Å²) in [7, 11) is 1.83. The molecule has 1 aliphatic rings. The standard InChI is InChI=1S/C21H37N5O3S.HI/c1-16-15-25-18(30-16)7-11-23-19(22-5)26-12-8-17(9-13-26)28-14-6-10-24-20(27)29-21(2,3)4;/h15,17H,6-14H2,1-5H3,(H,22,23)(H,24,27);1H. The van der Waals surface area contributed by atoms with Crippen LogP contribution in [0.1, 0.15) is 49.9 Å². The third kappa shape index (κ3) is 11.3. The number of likely N-dealkylation sites (tertiary alicyclic amines) is 1. The van der Waals surface area contributed by atoms with Crippen LogP contribution in [0.25, 0.3) is 0 Å². The molecule has 1 aliphatic heterocycles. The van der Waals surface area contributed by atoms with Crippen LogP contribution in [-0.2, 0) is 15.9 Å². The number of alkyl carbamates (subject to hydrolysis) is 1. The number of nitrogens with one attached hydrogen (secondary N) is 2. The maximum Gasteiger partial charge on any atom is 0.407 e. The maximum absolute atomic E-state index is 11.6. The van der Waals surface area contributed by atoms with Crippen LogP contribution in [0, 0.1) is 6.92 Å². The number of aliphatic imine (C=N–C) groups is 1. The molecule has 178 valence electrons. The van der Waals surface area contributed by atoms with Crippen molar-refractivity contribution in [3.63, 3.8) is 0 Å². The van der Waals surface area contributed by atoms with Crippen LogP contribution in [0.15, 0.2) is 11.2 Å². The van der Waals surface area contributed by atoms with Gasteiger partial charge in [0.15, 0.2) is 5.96 Å². The molecule has 0 atom stereocenters. The molecule has 1 saturated heterocycles. The first kappa shape index (κ1) is 27.9. The highest BCUT2D eigenvalue weighted by Crippen LogP contribution is 2.15. The van der Waals surface area contributed by atoms with Crippen molar-refractivity contribution in [2.24, 2.45) is 4.99 Å². The molecule has 1 amide bonds. The number of nitrogens with zero attached hydrogens (tertiary/aromatic N) is 3. The minimum Gasteiger partial charge on any atom is -0.444 e. The summed E-state index contributed by atoms with van der Waals surface area (Å²) in [6.45, 7) is 11.5. The van der Waals surface area contributed by atoms with Crippen molar-refractivity contribution in [1.82, 2.24) is 20.5 Å². The van der Waals surface area contributed by atoms with Gasteiger partial charge in [0, 0.05) is 57.3 Å². The van der Waals surface area contributed by atoms with Crippen molar-refractivity contribution < 1.29 is 14.3 Å². The van der Waals surface area contributed by atoms with E-state index in [1.807, 2.05) is 34.0 Å². The monoisotopic (exact) mass is 567 g/mol. The number of hydrogen-bond acceptors (Lipinski definition) is 6. The van der Waals surface area contributed by atoms with E-state index in [9.17, 15) is 4.79 Å². The molecule has 1 aromatic rings. The third-order valence-corrected chi connectivity index (χ3v) is 5.56. The van der Waals surface area contributed by atoms with Crippen molar-refractivity contribution >= 4 is 47.4 Å². The fraction of sp³-hybridized carbons (Fsp3) is 0.762. The number of hydrogen-bond donors (Lipinski definition) is 2. The highest BCUT2D eigenvalue weighted by atomic mass is 127. The number of halogens is 1. The Bertz CT molecular complexity index is 685. The summed E-state index contributed by atoms with van der Waals surface area (Å²) < 4.78 is 11.2. The largest absolute Gasteiger partial charge is 0.444 e. The predicted molar refractivity (Wildman–Crippen MR) is 137 cm³/mol. The van der Waals surface area contributed by atoms with Crippen LogP contribution in [0.5, 0.6) is 0 Å². The number of carbonyl (C=O) groups is 1. The minimum atomic E-state index is -0.468. The molecular formula is C21H38IN5O3S. The number of ether oxygens (including phenoxy) is 2. The number of amides is 1. The molecule has 1 fully saturated rings. The van der Waals surface area contributed by atoms with E-state index in [0.29, 0.717) is 13.2 Å². The van der Waals surface area contributed by atoms with Gasteiger partial charge >= 0.3 is 6.09 Å². The number of aromatic nitrogens is 1. The van der Waals surface area contributed by atoms with Crippen LogP contribution in [-0.4, -0.2) is 73.5 Å². The molecule has 2 rings (SSSR count). The first-order valence-electron chi connectivity index (χ1n) is 10.7. The van der Waals surface area contributed by atoms with Gasteiger partial charge < -0.3 is 25.0 Å². The smallest absolute Gasteiger partial charge is 0.407 e. The molecule has 0 aromatic carbocycles. The van der Waals surface area contributed by atoms with Gasteiger partial charge in [-0.15, -0.1) is 35.3 Å². The number of aryl methyl sites for hydroxylation is 1. The average molecular weight is 568 g/mol. The fourth-order valence-electron chi connectivity index (χ4n) is 3.19. The number of guanidine groups is 1. The summed E-state index contributed by atoms with van der Waals surface area (Å²) in [4.78, 5) is 24.0. The van der Waals surface area contributed by atoms with Gasteiger partial charge in [-0.05, 0) is 47.0 Å². The van der Waals surface area contributed by atoms with E-state index in [2.05, 4.69) is 32.4 Å². The predicted octanol–water partition coefficient (Wildman–Crippen LogP) is 3.58. The summed E-state index contributed by atoms with van der Waals surface area (Å²) >= 11 is 1.75. The van der Waals surface area contributed by atoms with Crippen molar-refractivity contribution in [2.45, 2.75) is 65.1 Å². The number of piperidine rings is 1. The second-order valence-corrected chi connectivity index (χ2v) is 9.75. The minimum absolute atomic E-state index is 0. The topological polar surface area (TPSA) is 88.1 Å². The van der Waals surface area contributed by atoms with Gasteiger partial charge in [0.05, 0.1) is 11.1 Å². The molecule has 31 heavy (non-hydrogen) atoms. The molecule has 2 heterocycles. The lowest BCUT2D eigenvalue weighted by Crippen LogP contribution is -2.47. The van der Waals surface area contributed by atoms with Gasteiger partial charge in [0.1, 0.15) is 5.60 Å². The molecule has 0 aliphatic carbocycles. The van der Waals surface area contributed by atoms with E-state index in [-0.39, 0.29) is 36.2 Å². The Morgan fingerprint density at radius 2 is 2.00 bits per heavy atom. The lowest BCUT2D eigenvalue weighted by molar-refractivity contribution is 0.0170. The quantitative estimate of drug-likeness (QED) is 0.216. The van der Waals surface area contributed by atoms with Gasteiger partial charge in [-0.1, -0.05) is 0 Å². The summed E-state index contributed by atoms with van der Waals surface area (Å²) in [6, 6.07) is 0. The molecule has 2 N–H and O–H groups in total. The fourth-order valence-corrected chi connectivity index (χ4v) is 3.98. The Kier molecular flexibility index (Phi) is 12.7. The second-order valence-electron chi connectivity index (χ2n) is 8.43. The summed E-state index contributed by atoms with van der Waals surface area (Å²) in [5, 5.41) is 7.37. The zero-order chi connectivity index (χ0) is 22.0. The molecule has 0 unspecified atom stereocenters. The molecule has 0 bridgehead atoms. The van der Waals surface area contributed by atoms with Crippen LogP contribution >= 0.6 is 35.3 Å². The lowest BCUT2D eigenvalue weighted by atomic mass is 10.1. The number of rotatable bonds is 8. The van der Waals surface area contributed by atoms with Gasteiger partial charge in [-0.2, -0.15) is 0 Å². The zero-order valence-corrected chi connectivity index (χ0v) is 22.5. The molecule has 0 saturated carbocycles. The Hall–Kier alpha value is -1.14. The summed E-state index contributed by atoms with van der Waals surface area (Å²) in [5.74, 6) is 0.947. The van der Waals surface area contributed by atoms with Crippen molar-refractivity contribution in [2.75, 3.05) is 39.8 Å². The van der Waals surface area contributed by atoms with Crippen molar-refractivity contribution in [3.8, 4) is 0 Å². The lowest BCUT2D eigenvalue weighted by Gasteiger charge is -2.34. The van der Waals surface area contributed by atoms with E-state index < -0.39 is 5.60 Å². The summed E-state index contributed by atoms with van der Waals surface area (Å²) in [5.41, 5.74) is -0.468. The first-order chi connectivity index (χ1) is 14.3. The van der Waals surface area contributed by atoms with E-state index in [1.165, 1.54) is 4.88 Å². The SMILES string of the molecule is CN=C(NCCc1ncc(C)s1)N1CCC(OCCCNC(=O)OC(C)(C)C)CC1.I. The Morgan fingerprint density at radius 3 is 2.58 bits per heavy atom. The highest BCUT2D eigenvalue weighted by molar-refractivity contribution is 14.0. The van der Waals surface area contributed by atoms with Gasteiger partial charge in [0.25, 0.3) is 0 Å². The Morgan fingerprint density at radius 1 is 1.29 bits per heavy atom. The third-order valence-electron chi connectivity index (χ3n) is 4.59. The molecule has 0 spiro atoms. The zero-order valence-electron chi connectivity index (χ0n) is 19.4. The highest BCUT2D eigenvalue weighted by Gasteiger charge is 2.22. The number of thiazole rings is 1. The molecule has 0 radical (unpaired) electrons. The average Bonchev–Trinajstić information content (AvgIpc) is 3.09. The Labute approximate surface area is 207 Å². The molecule has 10 heteroatoms. The van der Waals surface area contributed by atoms with E-state index in [1.54, 1.807) is 11.3 Å². The number of carbonyl (C=O) groups excluding carboxylic acids is 1. The van der Waals surface area contributed by atoms with E-state index in [4.69, 9.17) is 9.47 Å². The second kappa shape index (κ2) is 14.1. The van der Waals surface area contributed by atoms with E-state index >= 15 is 0 Å². The molecular weight excluding hydrogens is 529 g/mol. The Balaban J connectivity index is 0.00000480. The molecule has 1 aromatic heterocycles. The van der Waals surface area contributed by atoms with Gasteiger partial charge in [-0.3, -0.25) is 4.99 Å². The summed E-state index contributed by atoms with van der Waals surface area (Å²) in [6.07, 6.45) is 5.46.